The lowest BCUT2D eigenvalue weighted by atomic mass is 10.1. The van der Waals surface area contributed by atoms with Crippen molar-refractivity contribution >= 4 is 15.9 Å². The highest BCUT2D eigenvalue weighted by Crippen LogP contribution is 2.33. The van der Waals surface area contributed by atoms with E-state index in [-0.39, 0.29) is 6.79 Å². The Bertz CT molecular complexity index is 581. The summed E-state index contributed by atoms with van der Waals surface area (Å²) in [5.41, 5.74) is 4.00. The number of aryl methyl sites for hydroxylation is 2. The largest absolute Gasteiger partial charge is 0.466 e. The number of rotatable bonds is 5. The topological polar surface area (TPSA) is 18.5 Å². The van der Waals surface area contributed by atoms with Crippen molar-refractivity contribution in [3.63, 3.8) is 0 Å². The fourth-order valence-electron chi connectivity index (χ4n) is 2.52. The van der Waals surface area contributed by atoms with E-state index in [1.807, 2.05) is 30.3 Å². The standard InChI is InChI=1S/C17H17BrO2/c18-16-9-14-7-4-8-15(14)10-17(16)20-12-19-11-13-5-2-1-3-6-13/h1-3,5-6,9-10H,4,7-8,11-12H2. The van der Waals surface area contributed by atoms with Gasteiger partial charge in [-0.15, -0.1) is 0 Å². The third-order valence-corrected chi connectivity index (χ3v) is 4.18. The molecule has 3 heteroatoms. The van der Waals surface area contributed by atoms with Crippen molar-refractivity contribution < 1.29 is 9.47 Å². The SMILES string of the molecule is Brc1cc2c(cc1OCOCc1ccccc1)CCC2. The Labute approximate surface area is 127 Å². The van der Waals surface area contributed by atoms with Crippen LogP contribution in [0.3, 0.4) is 0 Å². The zero-order valence-electron chi connectivity index (χ0n) is 11.3. The number of fused-ring (bicyclic) bond motifs is 1. The van der Waals surface area contributed by atoms with Crippen LogP contribution < -0.4 is 4.74 Å². The summed E-state index contributed by atoms with van der Waals surface area (Å²) in [6.07, 6.45) is 3.58. The Morgan fingerprint density at radius 3 is 2.55 bits per heavy atom. The molecule has 0 saturated heterocycles. The van der Waals surface area contributed by atoms with Crippen LogP contribution in [-0.2, 0) is 24.2 Å². The quantitative estimate of drug-likeness (QED) is 0.593. The summed E-state index contributed by atoms with van der Waals surface area (Å²) in [5, 5.41) is 0. The van der Waals surface area contributed by atoms with E-state index in [0.717, 1.165) is 22.2 Å². The van der Waals surface area contributed by atoms with Gasteiger partial charge in [-0.05, 0) is 64.0 Å². The van der Waals surface area contributed by atoms with Crippen LogP contribution in [-0.4, -0.2) is 6.79 Å². The van der Waals surface area contributed by atoms with E-state index in [4.69, 9.17) is 9.47 Å². The highest BCUT2D eigenvalue weighted by molar-refractivity contribution is 9.10. The molecule has 1 aliphatic rings. The molecule has 0 amide bonds. The van der Waals surface area contributed by atoms with Gasteiger partial charge in [0.15, 0.2) is 6.79 Å². The van der Waals surface area contributed by atoms with Gasteiger partial charge in [-0.1, -0.05) is 30.3 Å². The van der Waals surface area contributed by atoms with E-state index < -0.39 is 0 Å². The average Bonchev–Trinajstić information content (AvgIpc) is 2.91. The second-order valence-corrected chi connectivity index (χ2v) is 5.86. The van der Waals surface area contributed by atoms with Crippen molar-refractivity contribution in [1.82, 2.24) is 0 Å². The molecule has 0 N–H and O–H groups in total. The monoisotopic (exact) mass is 332 g/mol. The van der Waals surface area contributed by atoms with Crippen LogP contribution in [0.5, 0.6) is 5.75 Å². The average molecular weight is 333 g/mol. The van der Waals surface area contributed by atoms with Crippen molar-refractivity contribution in [3.8, 4) is 5.75 Å². The fourth-order valence-corrected chi connectivity index (χ4v) is 3.03. The van der Waals surface area contributed by atoms with Crippen molar-refractivity contribution in [2.24, 2.45) is 0 Å². The van der Waals surface area contributed by atoms with Gasteiger partial charge in [0.25, 0.3) is 0 Å². The third kappa shape index (κ3) is 3.22. The van der Waals surface area contributed by atoms with Crippen LogP contribution in [0.1, 0.15) is 23.1 Å². The lowest BCUT2D eigenvalue weighted by Crippen LogP contribution is -2.04. The highest BCUT2D eigenvalue weighted by atomic mass is 79.9. The molecule has 0 aromatic heterocycles. The summed E-state index contributed by atoms with van der Waals surface area (Å²) in [7, 11) is 0. The predicted octanol–water partition coefficient (Wildman–Crippen LogP) is 4.49. The van der Waals surface area contributed by atoms with Crippen molar-refractivity contribution in [2.45, 2.75) is 25.9 Å². The molecule has 0 atom stereocenters. The summed E-state index contributed by atoms with van der Waals surface area (Å²) < 4.78 is 12.3. The molecule has 2 aromatic rings. The molecule has 0 fully saturated rings. The van der Waals surface area contributed by atoms with E-state index >= 15 is 0 Å². The van der Waals surface area contributed by atoms with Gasteiger partial charge >= 0.3 is 0 Å². The first-order valence-electron chi connectivity index (χ1n) is 6.89. The molecule has 2 aromatic carbocycles. The molecule has 0 bridgehead atoms. The van der Waals surface area contributed by atoms with Gasteiger partial charge in [-0.2, -0.15) is 0 Å². The number of halogens is 1. The molecule has 1 aliphatic carbocycles. The minimum Gasteiger partial charge on any atom is -0.466 e. The van der Waals surface area contributed by atoms with Gasteiger partial charge in [-0.25, -0.2) is 0 Å². The Morgan fingerprint density at radius 2 is 1.75 bits per heavy atom. The maximum absolute atomic E-state index is 5.71. The third-order valence-electron chi connectivity index (χ3n) is 3.56. The van der Waals surface area contributed by atoms with Crippen molar-refractivity contribution in [3.05, 3.63) is 63.6 Å². The van der Waals surface area contributed by atoms with Gasteiger partial charge in [0, 0.05) is 0 Å². The Morgan fingerprint density at radius 1 is 1.00 bits per heavy atom. The first-order chi connectivity index (χ1) is 9.83. The molecule has 0 radical (unpaired) electrons. The molecule has 0 heterocycles. The second kappa shape index (κ2) is 6.42. The molecule has 0 aliphatic heterocycles. The molecule has 20 heavy (non-hydrogen) atoms. The number of ether oxygens (including phenoxy) is 2. The zero-order valence-corrected chi connectivity index (χ0v) is 12.9. The predicted molar refractivity (Wildman–Crippen MR) is 82.9 cm³/mol. The van der Waals surface area contributed by atoms with Crippen LogP contribution in [0.2, 0.25) is 0 Å². The van der Waals surface area contributed by atoms with Gasteiger partial charge in [0.05, 0.1) is 11.1 Å². The number of benzene rings is 2. The number of hydrogen-bond acceptors (Lipinski definition) is 2. The first kappa shape index (κ1) is 13.7. The molecular formula is C17H17BrO2. The number of hydrogen-bond donors (Lipinski definition) is 0. The van der Waals surface area contributed by atoms with E-state index in [1.165, 1.54) is 24.0 Å². The van der Waals surface area contributed by atoms with Crippen LogP contribution in [0, 0.1) is 0 Å². The first-order valence-corrected chi connectivity index (χ1v) is 7.68. The van der Waals surface area contributed by atoms with Gasteiger partial charge in [0.1, 0.15) is 5.75 Å². The van der Waals surface area contributed by atoms with Gasteiger partial charge in [0.2, 0.25) is 0 Å². The highest BCUT2D eigenvalue weighted by Gasteiger charge is 2.14. The molecule has 104 valence electrons. The van der Waals surface area contributed by atoms with E-state index in [1.54, 1.807) is 0 Å². The van der Waals surface area contributed by atoms with Crippen molar-refractivity contribution in [2.75, 3.05) is 6.79 Å². The molecule has 2 nitrogen and oxygen atoms in total. The molecular weight excluding hydrogens is 316 g/mol. The Kier molecular flexibility index (Phi) is 4.38. The zero-order chi connectivity index (χ0) is 13.8. The lowest BCUT2D eigenvalue weighted by molar-refractivity contribution is 0.00460. The summed E-state index contributed by atoms with van der Waals surface area (Å²) in [6.45, 7) is 0.843. The molecule has 3 rings (SSSR count). The summed E-state index contributed by atoms with van der Waals surface area (Å²) >= 11 is 3.57. The van der Waals surface area contributed by atoms with E-state index in [2.05, 4.69) is 28.1 Å². The summed E-state index contributed by atoms with van der Waals surface area (Å²) in [6, 6.07) is 14.4. The normalized spacial score (nSPS) is 13.2. The lowest BCUT2D eigenvalue weighted by Gasteiger charge is -2.11. The van der Waals surface area contributed by atoms with Crippen LogP contribution >= 0.6 is 15.9 Å². The summed E-state index contributed by atoms with van der Waals surface area (Å²) in [5.74, 6) is 0.874. The molecule has 0 unspecified atom stereocenters. The van der Waals surface area contributed by atoms with Gasteiger partial charge < -0.3 is 9.47 Å². The minimum absolute atomic E-state index is 0.270. The van der Waals surface area contributed by atoms with Crippen LogP contribution in [0.4, 0.5) is 0 Å². The van der Waals surface area contributed by atoms with E-state index in [0.29, 0.717) is 6.61 Å². The second-order valence-electron chi connectivity index (χ2n) is 5.00. The van der Waals surface area contributed by atoms with Crippen LogP contribution in [0.25, 0.3) is 0 Å². The Hall–Kier alpha value is -1.32. The van der Waals surface area contributed by atoms with Gasteiger partial charge in [-0.3, -0.25) is 0 Å². The molecule has 0 spiro atoms. The molecule has 0 saturated carbocycles. The maximum atomic E-state index is 5.71. The van der Waals surface area contributed by atoms with Crippen LogP contribution in [0.15, 0.2) is 46.9 Å². The van der Waals surface area contributed by atoms with Crippen molar-refractivity contribution in [1.29, 1.82) is 0 Å². The minimum atomic E-state index is 0.270. The fraction of sp³-hybridized carbons (Fsp3) is 0.294. The maximum Gasteiger partial charge on any atom is 0.189 e. The Balaban J connectivity index is 1.54. The van der Waals surface area contributed by atoms with E-state index in [9.17, 15) is 0 Å². The summed E-state index contributed by atoms with van der Waals surface area (Å²) in [4.78, 5) is 0. The smallest absolute Gasteiger partial charge is 0.189 e.